The number of aromatic nitrogens is 2. The Hall–Kier alpha value is -3.54. The van der Waals surface area contributed by atoms with E-state index in [1.165, 1.54) is 30.3 Å². The number of amides is 1. The highest BCUT2D eigenvalue weighted by molar-refractivity contribution is 5.94. The third kappa shape index (κ3) is 3.87. The number of hydrogen-bond donors (Lipinski definition) is 1. The number of halogens is 2. The molecule has 0 radical (unpaired) electrons. The van der Waals surface area contributed by atoms with Crippen molar-refractivity contribution in [2.45, 2.75) is 19.5 Å². The summed E-state index contributed by atoms with van der Waals surface area (Å²) in [6.45, 7) is 2.27. The van der Waals surface area contributed by atoms with Crippen LogP contribution in [-0.2, 0) is 6.54 Å². The predicted octanol–water partition coefficient (Wildman–Crippen LogP) is 4.85. The molecule has 0 saturated heterocycles. The summed E-state index contributed by atoms with van der Waals surface area (Å²) in [6, 6.07) is 19.3. The number of nitrogens with zero attached hydrogens (tertiary/aromatic N) is 2. The molecule has 0 saturated carbocycles. The van der Waals surface area contributed by atoms with Gasteiger partial charge in [0.05, 0.1) is 22.6 Å². The second kappa shape index (κ2) is 7.83. The first-order valence-electron chi connectivity index (χ1n) is 9.28. The van der Waals surface area contributed by atoms with Gasteiger partial charge >= 0.3 is 0 Å². The average molecular weight is 391 g/mol. The summed E-state index contributed by atoms with van der Waals surface area (Å²) in [4.78, 5) is 17.2. The molecule has 4 rings (SSSR count). The number of fused-ring (bicyclic) bond motifs is 1. The van der Waals surface area contributed by atoms with Crippen LogP contribution in [0.3, 0.4) is 0 Å². The Kier molecular flexibility index (Phi) is 5.08. The van der Waals surface area contributed by atoms with Gasteiger partial charge in [0, 0.05) is 6.54 Å². The molecule has 1 amide bonds. The van der Waals surface area contributed by atoms with Gasteiger partial charge in [-0.1, -0.05) is 36.4 Å². The zero-order chi connectivity index (χ0) is 20.4. The molecule has 1 aromatic heterocycles. The van der Waals surface area contributed by atoms with Crippen LogP contribution in [0.5, 0.6) is 0 Å². The molecule has 0 fully saturated rings. The van der Waals surface area contributed by atoms with Crippen molar-refractivity contribution in [1.82, 2.24) is 14.9 Å². The number of hydrogen-bond acceptors (Lipinski definition) is 2. The van der Waals surface area contributed by atoms with Crippen molar-refractivity contribution in [2.24, 2.45) is 0 Å². The van der Waals surface area contributed by atoms with Crippen LogP contribution in [0.2, 0.25) is 0 Å². The van der Waals surface area contributed by atoms with Gasteiger partial charge in [0.1, 0.15) is 17.5 Å². The highest BCUT2D eigenvalue weighted by Crippen LogP contribution is 2.23. The summed E-state index contributed by atoms with van der Waals surface area (Å²) in [7, 11) is 0. The SMILES string of the molecule is CC(NC(=O)c1ccccc1F)c1nc2ccccc2n1Cc1ccc(F)cc1. The number of benzene rings is 3. The van der Waals surface area contributed by atoms with Gasteiger partial charge in [-0.25, -0.2) is 13.8 Å². The summed E-state index contributed by atoms with van der Waals surface area (Å²) in [5, 5.41) is 2.83. The van der Waals surface area contributed by atoms with Crippen LogP contribution in [0.4, 0.5) is 8.78 Å². The van der Waals surface area contributed by atoms with E-state index in [1.54, 1.807) is 25.1 Å². The predicted molar refractivity (Wildman–Crippen MR) is 108 cm³/mol. The molecular formula is C23H19F2N3O. The maximum atomic E-state index is 13.9. The Balaban J connectivity index is 1.68. The molecule has 1 N–H and O–H groups in total. The average Bonchev–Trinajstić information content (AvgIpc) is 3.08. The summed E-state index contributed by atoms with van der Waals surface area (Å²) in [5.74, 6) is -0.733. The van der Waals surface area contributed by atoms with E-state index in [1.807, 2.05) is 28.8 Å². The maximum absolute atomic E-state index is 13.9. The Morgan fingerprint density at radius 3 is 2.45 bits per heavy atom. The number of carbonyl (C=O) groups is 1. The first kappa shape index (κ1) is 18.8. The zero-order valence-corrected chi connectivity index (χ0v) is 15.8. The lowest BCUT2D eigenvalue weighted by molar-refractivity contribution is 0.0933. The van der Waals surface area contributed by atoms with Crippen molar-refractivity contribution in [3.63, 3.8) is 0 Å². The van der Waals surface area contributed by atoms with E-state index in [0.29, 0.717) is 12.4 Å². The Labute approximate surface area is 166 Å². The first-order chi connectivity index (χ1) is 14.0. The fraction of sp³-hybridized carbons (Fsp3) is 0.130. The van der Waals surface area contributed by atoms with Crippen LogP contribution in [-0.4, -0.2) is 15.5 Å². The normalized spacial score (nSPS) is 12.1. The van der Waals surface area contributed by atoms with E-state index >= 15 is 0 Å². The molecule has 1 unspecified atom stereocenters. The lowest BCUT2D eigenvalue weighted by Crippen LogP contribution is -2.29. The van der Waals surface area contributed by atoms with Gasteiger partial charge in [-0.2, -0.15) is 0 Å². The molecule has 3 aromatic carbocycles. The first-order valence-corrected chi connectivity index (χ1v) is 9.28. The molecular weight excluding hydrogens is 372 g/mol. The van der Waals surface area contributed by atoms with E-state index in [4.69, 9.17) is 0 Å². The Morgan fingerprint density at radius 2 is 1.69 bits per heavy atom. The number of carbonyl (C=O) groups excluding carboxylic acids is 1. The third-order valence-electron chi connectivity index (χ3n) is 4.79. The summed E-state index contributed by atoms with van der Waals surface area (Å²) in [5.41, 5.74) is 2.58. The highest BCUT2D eigenvalue weighted by atomic mass is 19.1. The molecule has 4 aromatic rings. The van der Waals surface area contributed by atoms with Crippen molar-refractivity contribution < 1.29 is 13.6 Å². The molecule has 0 aliphatic rings. The molecule has 0 bridgehead atoms. The van der Waals surface area contributed by atoms with Crippen molar-refractivity contribution in [2.75, 3.05) is 0 Å². The maximum Gasteiger partial charge on any atom is 0.254 e. The topological polar surface area (TPSA) is 46.9 Å². The molecule has 29 heavy (non-hydrogen) atoms. The fourth-order valence-electron chi connectivity index (χ4n) is 3.35. The van der Waals surface area contributed by atoms with Gasteiger partial charge in [-0.15, -0.1) is 0 Å². The molecule has 1 heterocycles. The minimum atomic E-state index is -0.572. The summed E-state index contributed by atoms with van der Waals surface area (Å²) in [6.07, 6.45) is 0. The minimum absolute atomic E-state index is 0.0134. The quantitative estimate of drug-likeness (QED) is 0.528. The molecule has 0 aliphatic carbocycles. The summed E-state index contributed by atoms with van der Waals surface area (Å²) < 4.78 is 29.2. The summed E-state index contributed by atoms with van der Waals surface area (Å²) >= 11 is 0. The number of imidazole rings is 1. The van der Waals surface area contributed by atoms with Gasteiger partial charge in [-0.3, -0.25) is 4.79 Å². The molecule has 4 nitrogen and oxygen atoms in total. The van der Waals surface area contributed by atoms with Crippen molar-refractivity contribution >= 4 is 16.9 Å². The molecule has 0 spiro atoms. The van der Waals surface area contributed by atoms with Gasteiger partial charge in [0.15, 0.2) is 0 Å². The lowest BCUT2D eigenvalue weighted by Gasteiger charge is -2.17. The zero-order valence-electron chi connectivity index (χ0n) is 15.8. The van der Waals surface area contributed by atoms with Crippen molar-refractivity contribution in [1.29, 1.82) is 0 Å². The minimum Gasteiger partial charge on any atom is -0.342 e. The van der Waals surface area contributed by atoms with Crippen LogP contribution in [0.15, 0.2) is 72.8 Å². The van der Waals surface area contributed by atoms with E-state index < -0.39 is 17.8 Å². The van der Waals surface area contributed by atoms with Gasteiger partial charge in [0.2, 0.25) is 0 Å². The second-order valence-electron chi connectivity index (χ2n) is 6.85. The van der Waals surface area contributed by atoms with Crippen LogP contribution in [0.25, 0.3) is 11.0 Å². The van der Waals surface area contributed by atoms with Crippen LogP contribution in [0.1, 0.15) is 34.7 Å². The molecule has 1 atom stereocenters. The smallest absolute Gasteiger partial charge is 0.254 e. The van der Waals surface area contributed by atoms with Crippen LogP contribution < -0.4 is 5.32 Å². The highest BCUT2D eigenvalue weighted by Gasteiger charge is 2.20. The van der Waals surface area contributed by atoms with Gasteiger partial charge in [-0.05, 0) is 48.9 Å². The molecule has 6 heteroatoms. The second-order valence-corrected chi connectivity index (χ2v) is 6.85. The number of para-hydroxylation sites is 2. The van der Waals surface area contributed by atoms with Crippen molar-refractivity contribution in [3.05, 3.63) is 101 Å². The monoisotopic (exact) mass is 391 g/mol. The van der Waals surface area contributed by atoms with E-state index in [-0.39, 0.29) is 11.4 Å². The molecule has 0 aliphatic heterocycles. The van der Waals surface area contributed by atoms with Gasteiger partial charge in [0.25, 0.3) is 5.91 Å². The lowest BCUT2D eigenvalue weighted by atomic mass is 10.1. The Bertz CT molecular complexity index is 1170. The largest absolute Gasteiger partial charge is 0.342 e. The standard InChI is InChI=1S/C23H19F2N3O/c1-15(26-23(29)18-6-2-3-7-19(18)25)22-27-20-8-4-5-9-21(20)28(22)14-16-10-12-17(24)13-11-16/h2-13,15H,14H2,1H3,(H,26,29). The van der Waals surface area contributed by atoms with E-state index in [9.17, 15) is 13.6 Å². The third-order valence-corrected chi connectivity index (χ3v) is 4.79. The number of nitrogens with one attached hydrogen (secondary N) is 1. The fourth-order valence-corrected chi connectivity index (χ4v) is 3.35. The van der Waals surface area contributed by atoms with Crippen LogP contribution in [0, 0.1) is 11.6 Å². The number of rotatable bonds is 5. The van der Waals surface area contributed by atoms with E-state index in [2.05, 4.69) is 10.3 Å². The van der Waals surface area contributed by atoms with Crippen molar-refractivity contribution in [3.8, 4) is 0 Å². The van der Waals surface area contributed by atoms with E-state index in [0.717, 1.165) is 16.6 Å². The van der Waals surface area contributed by atoms with Crippen LogP contribution >= 0.6 is 0 Å². The molecule has 146 valence electrons. The van der Waals surface area contributed by atoms with Gasteiger partial charge < -0.3 is 9.88 Å². The Morgan fingerprint density at radius 1 is 1.00 bits per heavy atom.